The van der Waals surface area contributed by atoms with Crippen molar-refractivity contribution in [2.24, 2.45) is 0 Å². The standard InChI is InChI=1S/C16H22ClN3O/c1-11(17)16-18-14-10-13(21-3)4-5-15(14)20(16)12-6-8-19(2)9-7-12/h4-5,10-12H,6-9H2,1-3H3. The van der Waals surface area contributed by atoms with Crippen LogP contribution in [0.15, 0.2) is 18.2 Å². The van der Waals surface area contributed by atoms with E-state index in [9.17, 15) is 0 Å². The molecule has 0 spiro atoms. The molecule has 1 aromatic heterocycles. The van der Waals surface area contributed by atoms with E-state index in [4.69, 9.17) is 21.3 Å². The minimum absolute atomic E-state index is 0.0944. The SMILES string of the molecule is COc1ccc2c(c1)nc(C(C)Cl)n2C1CCN(C)CC1. The summed E-state index contributed by atoms with van der Waals surface area (Å²) < 4.78 is 7.65. The maximum atomic E-state index is 6.38. The Morgan fingerprint density at radius 3 is 2.67 bits per heavy atom. The van der Waals surface area contributed by atoms with Gasteiger partial charge < -0.3 is 14.2 Å². The molecular weight excluding hydrogens is 286 g/mol. The second-order valence-corrected chi connectivity index (χ2v) is 6.50. The van der Waals surface area contributed by atoms with Gasteiger partial charge in [0.05, 0.1) is 23.5 Å². The fourth-order valence-corrected chi connectivity index (χ4v) is 3.30. The monoisotopic (exact) mass is 307 g/mol. The molecule has 0 amide bonds. The number of ether oxygens (including phenoxy) is 1. The van der Waals surface area contributed by atoms with E-state index in [0.29, 0.717) is 6.04 Å². The summed E-state index contributed by atoms with van der Waals surface area (Å²) in [6.45, 7) is 4.23. The van der Waals surface area contributed by atoms with Crippen molar-refractivity contribution in [3.05, 3.63) is 24.0 Å². The highest BCUT2D eigenvalue weighted by Gasteiger charge is 2.24. The second-order valence-electron chi connectivity index (χ2n) is 5.85. The fourth-order valence-electron chi connectivity index (χ4n) is 3.14. The van der Waals surface area contributed by atoms with Gasteiger partial charge in [-0.1, -0.05) is 0 Å². The van der Waals surface area contributed by atoms with E-state index in [2.05, 4.69) is 22.6 Å². The van der Waals surface area contributed by atoms with Gasteiger partial charge in [-0.25, -0.2) is 4.98 Å². The lowest BCUT2D eigenvalue weighted by molar-refractivity contribution is 0.221. The zero-order chi connectivity index (χ0) is 15.0. The summed E-state index contributed by atoms with van der Waals surface area (Å²) in [5.41, 5.74) is 2.13. The number of rotatable bonds is 3. The maximum Gasteiger partial charge on any atom is 0.127 e. The number of hydrogen-bond donors (Lipinski definition) is 0. The maximum absolute atomic E-state index is 6.38. The normalized spacial score (nSPS) is 19.0. The summed E-state index contributed by atoms with van der Waals surface area (Å²) in [7, 11) is 3.86. The third-order valence-electron chi connectivity index (χ3n) is 4.33. The van der Waals surface area contributed by atoms with E-state index >= 15 is 0 Å². The van der Waals surface area contributed by atoms with Crippen LogP contribution >= 0.6 is 11.6 Å². The number of imidazole rings is 1. The molecule has 2 heterocycles. The highest BCUT2D eigenvalue weighted by molar-refractivity contribution is 6.20. The van der Waals surface area contributed by atoms with Crippen LogP contribution in [0.1, 0.15) is 37.0 Å². The molecule has 114 valence electrons. The van der Waals surface area contributed by atoms with Crippen LogP contribution in [0.3, 0.4) is 0 Å². The predicted octanol–water partition coefficient (Wildman–Crippen LogP) is 3.61. The molecule has 1 aliphatic heterocycles. The Bertz CT molecular complexity index is 630. The molecule has 3 rings (SSSR count). The Labute approximate surface area is 130 Å². The molecule has 1 aromatic carbocycles. The Hall–Kier alpha value is -1.26. The van der Waals surface area contributed by atoms with Crippen LogP contribution in [0, 0.1) is 0 Å². The number of nitrogens with zero attached hydrogens (tertiary/aromatic N) is 3. The lowest BCUT2D eigenvalue weighted by Gasteiger charge is -2.31. The molecule has 2 aromatic rings. The van der Waals surface area contributed by atoms with Gasteiger partial charge in [-0.2, -0.15) is 0 Å². The molecule has 21 heavy (non-hydrogen) atoms. The van der Waals surface area contributed by atoms with Crippen molar-refractivity contribution in [3.8, 4) is 5.75 Å². The molecule has 4 nitrogen and oxygen atoms in total. The number of hydrogen-bond acceptors (Lipinski definition) is 3. The second kappa shape index (κ2) is 5.85. The third-order valence-corrected chi connectivity index (χ3v) is 4.53. The van der Waals surface area contributed by atoms with E-state index in [1.165, 1.54) is 0 Å². The Morgan fingerprint density at radius 2 is 2.05 bits per heavy atom. The molecule has 0 saturated carbocycles. The first-order chi connectivity index (χ1) is 10.1. The van der Waals surface area contributed by atoms with Gasteiger partial charge in [0.2, 0.25) is 0 Å². The van der Waals surface area contributed by atoms with Crippen LogP contribution in [0.2, 0.25) is 0 Å². The molecule has 1 atom stereocenters. The van der Waals surface area contributed by atoms with Crippen molar-refractivity contribution in [2.75, 3.05) is 27.2 Å². The van der Waals surface area contributed by atoms with Crippen LogP contribution in [-0.2, 0) is 0 Å². The summed E-state index contributed by atoms with van der Waals surface area (Å²) in [6, 6.07) is 6.57. The van der Waals surface area contributed by atoms with E-state index in [-0.39, 0.29) is 5.38 Å². The number of alkyl halides is 1. The Kier molecular flexibility index (Phi) is 4.09. The fraction of sp³-hybridized carbons (Fsp3) is 0.562. The van der Waals surface area contributed by atoms with E-state index in [1.54, 1.807) is 7.11 Å². The topological polar surface area (TPSA) is 30.3 Å². The third kappa shape index (κ3) is 2.74. The number of piperidine rings is 1. The summed E-state index contributed by atoms with van der Waals surface area (Å²) in [6.07, 6.45) is 2.29. The average Bonchev–Trinajstić information content (AvgIpc) is 2.86. The highest BCUT2D eigenvalue weighted by Crippen LogP contribution is 2.33. The largest absolute Gasteiger partial charge is 0.497 e. The summed E-state index contributed by atoms with van der Waals surface area (Å²) in [5, 5.41) is -0.0944. The quantitative estimate of drug-likeness (QED) is 0.812. The predicted molar refractivity (Wildman–Crippen MR) is 86.3 cm³/mol. The average molecular weight is 308 g/mol. The van der Waals surface area contributed by atoms with E-state index in [0.717, 1.165) is 48.5 Å². The van der Waals surface area contributed by atoms with Crippen molar-refractivity contribution >= 4 is 22.6 Å². The minimum atomic E-state index is -0.0944. The van der Waals surface area contributed by atoms with Crippen LogP contribution in [0.5, 0.6) is 5.75 Å². The number of likely N-dealkylation sites (tertiary alicyclic amines) is 1. The Balaban J connectivity index is 2.08. The number of benzene rings is 1. The van der Waals surface area contributed by atoms with E-state index < -0.39 is 0 Å². The molecule has 0 bridgehead atoms. The molecule has 1 aliphatic rings. The first-order valence-electron chi connectivity index (χ1n) is 7.48. The van der Waals surface area contributed by atoms with E-state index in [1.807, 2.05) is 19.1 Å². The highest BCUT2D eigenvalue weighted by atomic mass is 35.5. The first kappa shape index (κ1) is 14.7. The van der Waals surface area contributed by atoms with Gasteiger partial charge in [0.1, 0.15) is 11.6 Å². The zero-order valence-corrected chi connectivity index (χ0v) is 13.6. The van der Waals surface area contributed by atoms with Gasteiger partial charge in [-0.3, -0.25) is 0 Å². The molecule has 0 N–H and O–H groups in total. The van der Waals surface area contributed by atoms with Crippen molar-refractivity contribution in [1.82, 2.24) is 14.5 Å². The number of methoxy groups -OCH3 is 1. The minimum Gasteiger partial charge on any atom is -0.497 e. The first-order valence-corrected chi connectivity index (χ1v) is 7.92. The van der Waals surface area contributed by atoms with Crippen LogP contribution in [0.4, 0.5) is 0 Å². The van der Waals surface area contributed by atoms with Gasteiger partial charge in [-0.15, -0.1) is 11.6 Å². The van der Waals surface area contributed by atoms with Crippen molar-refractivity contribution in [1.29, 1.82) is 0 Å². The molecule has 1 fully saturated rings. The summed E-state index contributed by atoms with van der Waals surface area (Å²) in [4.78, 5) is 7.13. The van der Waals surface area contributed by atoms with Crippen molar-refractivity contribution in [2.45, 2.75) is 31.2 Å². The lowest BCUT2D eigenvalue weighted by atomic mass is 10.0. The van der Waals surface area contributed by atoms with Gasteiger partial charge in [0.15, 0.2) is 0 Å². The molecule has 5 heteroatoms. The number of halogens is 1. The van der Waals surface area contributed by atoms with Crippen LogP contribution in [-0.4, -0.2) is 41.7 Å². The van der Waals surface area contributed by atoms with Crippen molar-refractivity contribution in [3.63, 3.8) is 0 Å². The number of fused-ring (bicyclic) bond motifs is 1. The molecule has 0 radical (unpaired) electrons. The lowest BCUT2D eigenvalue weighted by Crippen LogP contribution is -2.32. The molecular formula is C16H22ClN3O. The van der Waals surface area contributed by atoms with Gasteiger partial charge in [0.25, 0.3) is 0 Å². The molecule has 0 aliphatic carbocycles. The zero-order valence-electron chi connectivity index (χ0n) is 12.8. The van der Waals surface area contributed by atoms with Gasteiger partial charge >= 0.3 is 0 Å². The Morgan fingerprint density at radius 1 is 1.33 bits per heavy atom. The molecule has 1 unspecified atom stereocenters. The van der Waals surface area contributed by atoms with Crippen LogP contribution in [0.25, 0.3) is 11.0 Å². The van der Waals surface area contributed by atoms with Gasteiger partial charge in [0, 0.05) is 12.1 Å². The summed E-state index contributed by atoms with van der Waals surface area (Å²) in [5.74, 6) is 1.80. The number of aromatic nitrogens is 2. The van der Waals surface area contributed by atoms with Gasteiger partial charge in [-0.05, 0) is 52.0 Å². The smallest absolute Gasteiger partial charge is 0.127 e. The molecule has 1 saturated heterocycles. The van der Waals surface area contributed by atoms with Crippen molar-refractivity contribution < 1.29 is 4.74 Å². The van der Waals surface area contributed by atoms with Crippen LogP contribution < -0.4 is 4.74 Å². The summed E-state index contributed by atoms with van der Waals surface area (Å²) >= 11 is 6.38.